The molecule has 0 aliphatic rings. The summed E-state index contributed by atoms with van der Waals surface area (Å²) in [5.74, 6) is 0.403. The van der Waals surface area contributed by atoms with Gasteiger partial charge in [0.2, 0.25) is 0 Å². The van der Waals surface area contributed by atoms with Crippen LogP contribution in [0.2, 0.25) is 0 Å². The molecule has 0 amide bonds. The minimum absolute atomic E-state index is 0.403. The Hall–Kier alpha value is -1.58. The number of aromatic amines is 1. The van der Waals surface area contributed by atoms with E-state index in [1.165, 1.54) is 0 Å². The molecule has 0 atom stereocenters. The SMILES string of the molecule is O=Nc1c[nH]c2cccn12. The summed E-state index contributed by atoms with van der Waals surface area (Å²) in [7, 11) is 0. The first-order chi connectivity index (χ1) is 4.92. The minimum atomic E-state index is 0.403. The van der Waals surface area contributed by atoms with Crippen LogP contribution < -0.4 is 0 Å². The molecule has 1 N–H and O–H groups in total. The summed E-state index contributed by atoms with van der Waals surface area (Å²) < 4.78 is 1.69. The molecule has 4 heteroatoms. The molecule has 0 spiro atoms. The normalized spacial score (nSPS) is 10.4. The molecule has 0 unspecified atom stereocenters. The number of hydrogen-bond donors (Lipinski definition) is 1. The molecule has 2 aromatic rings. The van der Waals surface area contributed by atoms with E-state index >= 15 is 0 Å². The van der Waals surface area contributed by atoms with Gasteiger partial charge in [0.25, 0.3) is 0 Å². The Kier molecular flexibility index (Phi) is 0.887. The predicted molar refractivity (Wildman–Crippen MR) is 37.2 cm³/mol. The first kappa shape index (κ1) is 5.22. The zero-order valence-corrected chi connectivity index (χ0v) is 5.11. The van der Waals surface area contributed by atoms with Gasteiger partial charge in [-0.25, -0.2) is 0 Å². The molecule has 0 fully saturated rings. The van der Waals surface area contributed by atoms with Gasteiger partial charge in [0.1, 0.15) is 5.65 Å². The molecule has 0 bridgehead atoms. The monoisotopic (exact) mass is 135 g/mol. The van der Waals surface area contributed by atoms with E-state index in [0.29, 0.717) is 5.82 Å². The molecule has 0 saturated carbocycles. The maximum absolute atomic E-state index is 10.1. The summed E-state index contributed by atoms with van der Waals surface area (Å²) in [6, 6.07) is 3.72. The second-order valence-corrected chi connectivity index (χ2v) is 2.00. The molecule has 2 rings (SSSR count). The van der Waals surface area contributed by atoms with Gasteiger partial charge in [-0.2, -0.15) is 0 Å². The Morgan fingerprint density at radius 1 is 1.60 bits per heavy atom. The van der Waals surface area contributed by atoms with Crippen LogP contribution >= 0.6 is 0 Å². The van der Waals surface area contributed by atoms with Gasteiger partial charge in [-0.05, 0) is 17.3 Å². The van der Waals surface area contributed by atoms with Crippen molar-refractivity contribution in [2.45, 2.75) is 0 Å². The number of imidazole rings is 1. The molecule has 0 aromatic carbocycles. The quantitative estimate of drug-likeness (QED) is 0.594. The summed E-state index contributed by atoms with van der Waals surface area (Å²) in [6.07, 6.45) is 3.35. The van der Waals surface area contributed by atoms with Gasteiger partial charge in [-0.3, -0.25) is 4.40 Å². The summed E-state index contributed by atoms with van der Waals surface area (Å²) >= 11 is 0. The Balaban J connectivity index is 2.88. The second-order valence-electron chi connectivity index (χ2n) is 2.00. The van der Waals surface area contributed by atoms with E-state index < -0.39 is 0 Å². The molecule has 0 aliphatic carbocycles. The van der Waals surface area contributed by atoms with Crippen molar-refractivity contribution < 1.29 is 0 Å². The summed E-state index contributed by atoms with van der Waals surface area (Å²) in [4.78, 5) is 13.0. The van der Waals surface area contributed by atoms with Crippen LogP contribution in [0.3, 0.4) is 0 Å². The lowest BCUT2D eigenvalue weighted by molar-refractivity contribution is 1.19. The molecule has 0 radical (unpaired) electrons. The zero-order valence-electron chi connectivity index (χ0n) is 5.11. The third kappa shape index (κ3) is 0.500. The van der Waals surface area contributed by atoms with Crippen LogP contribution in [-0.2, 0) is 0 Å². The summed E-state index contributed by atoms with van der Waals surface area (Å²) in [5, 5.41) is 2.81. The highest BCUT2D eigenvalue weighted by atomic mass is 16.3. The fourth-order valence-electron chi connectivity index (χ4n) is 0.977. The van der Waals surface area contributed by atoms with E-state index in [9.17, 15) is 4.91 Å². The standard InChI is InChI=1S/C6H5N3O/c10-8-6-4-7-5-2-1-3-9(5)6/h1-4,7H. The fourth-order valence-corrected chi connectivity index (χ4v) is 0.977. The highest BCUT2D eigenvalue weighted by molar-refractivity contribution is 5.47. The maximum atomic E-state index is 10.1. The molecule has 10 heavy (non-hydrogen) atoms. The highest BCUT2D eigenvalue weighted by Gasteiger charge is 1.98. The average Bonchev–Trinajstić information content (AvgIpc) is 2.44. The number of fused-ring (bicyclic) bond motifs is 1. The van der Waals surface area contributed by atoms with Crippen LogP contribution in [0, 0.1) is 4.91 Å². The molecule has 4 nitrogen and oxygen atoms in total. The van der Waals surface area contributed by atoms with E-state index in [4.69, 9.17) is 0 Å². The first-order valence-corrected chi connectivity index (χ1v) is 2.89. The Bertz CT molecular complexity index is 360. The molecular weight excluding hydrogens is 130 g/mol. The number of H-pyrrole nitrogens is 1. The van der Waals surface area contributed by atoms with E-state index in [1.54, 1.807) is 16.8 Å². The number of nitroso groups, excluding NO2 is 1. The molecule has 50 valence electrons. The first-order valence-electron chi connectivity index (χ1n) is 2.89. The van der Waals surface area contributed by atoms with Crippen LogP contribution in [0.4, 0.5) is 5.82 Å². The summed E-state index contributed by atoms with van der Waals surface area (Å²) in [5.41, 5.74) is 0.884. The zero-order chi connectivity index (χ0) is 6.97. The maximum Gasteiger partial charge on any atom is 0.199 e. The molecule has 2 aromatic heterocycles. The van der Waals surface area contributed by atoms with Crippen molar-refractivity contribution in [2.75, 3.05) is 0 Å². The lowest BCUT2D eigenvalue weighted by Crippen LogP contribution is -1.71. The van der Waals surface area contributed by atoms with Crippen LogP contribution in [0.25, 0.3) is 5.65 Å². The van der Waals surface area contributed by atoms with Crippen LogP contribution in [0.5, 0.6) is 0 Å². The highest BCUT2D eigenvalue weighted by Crippen LogP contribution is 2.13. The largest absolute Gasteiger partial charge is 0.344 e. The minimum Gasteiger partial charge on any atom is -0.344 e. The van der Waals surface area contributed by atoms with E-state index in [2.05, 4.69) is 10.2 Å². The number of hydrogen-bond acceptors (Lipinski definition) is 2. The predicted octanol–water partition coefficient (Wildman–Crippen LogP) is 1.67. The summed E-state index contributed by atoms with van der Waals surface area (Å²) in [6.45, 7) is 0. The van der Waals surface area contributed by atoms with Crippen LogP contribution in [0.1, 0.15) is 0 Å². The van der Waals surface area contributed by atoms with Gasteiger partial charge in [0, 0.05) is 12.4 Å². The molecule has 0 saturated heterocycles. The Labute approximate surface area is 56.5 Å². The van der Waals surface area contributed by atoms with E-state index in [1.807, 2.05) is 12.1 Å². The van der Waals surface area contributed by atoms with Crippen LogP contribution in [-0.4, -0.2) is 9.38 Å². The fraction of sp³-hybridized carbons (Fsp3) is 0. The number of rotatable bonds is 1. The van der Waals surface area contributed by atoms with Crippen molar-refractivity contribution >= 4 is 11.5 Å². The number of aromatic nitrogens is 2. The van der Waals surface area contributed by atoms with Gasteiger partial charge < -0.3 is 4.98 Å². The average molecular weight is 135 g/mol. The van der Waals surface area contributed by atoms with Crippen molar-refractivity contribution in [3.8, 4) is 0 Å². The third-order valence-corrected chi connectivity index (χ3v) is 1.44. The van der Waals surface area contributed by atoms with Gasteiger partial charge >= 0.3 is 0 Å². The van der Waals surface area contributed by atoms with Crippen LogP contribution in [0.15, 0.2) is 29.7 Å². The third-order valence-electron chi connectivity index (χ3n) is 1.44. The van der Waals surface area contributed by atoms with Crippen molar-refractivity contribution in [3.63, 3.8) is 0 Å². The Morgan fingerprint density at radius 3 is 3.30 bits per heavy atom. The van der Waals surface area contributed by atoms with E-state index in [-0.39, 0.29) is 0 Å². The Morgan fingerprint density at radius 2 is 2.50 bits per heavy atom. The number of nitrogens with zero attached hydrogens (tertiary/aromatic N) is 2. The van der Waals surface area contributed by atoms with Gasteiger partial charge in [-0.1, -0.05) is 0 Å². The smallest absolute Gasteiger partial charge is 0.199 e. The molecular formula is C6H5N3O. The van der Waals surface area contributed by atoms with Crippen molar-refractivity contribution in [2.24, 2.45) is 5.18 Å². The van der Waals surface area contributed by atoms with Crippen molar-refractivity contribution in [1.82, 2.24) is 9.38 Å². The number of nitrogens with one attached hydrogen (secondary N) is 1. The molecule has 2 heterocycles. The second kappa shape index (κ2) is 1.70. The molecule has 0 aliphatic heterocycles. The lowest BCUT2D eigenvalue weighted by atomic mass is 10.6. The topological polar surface area (TPSA) is 49.6 Å². The van der Waals surface area contributed by atoms with E-state index in [0.717, 1.165) is 5.65 Å². The van der Waals surface area contributed by atoms with Crippen molar-refractivity contribution in [1.29, 1.82) is 0 Å². The van der Waals surface area contributed by atoms with Gasteiger partial charge in [0.15, 0.2) is 5.82 Å². The van der Waals surface area contributed by atoms with Gasteiger partial charge in [-0.15, -0.1) is 4.91 Å². The van der Waals surface area contributed by atoms with Gasteiger partial charge in [0.05, 0.1) is 0 Å². The lowest BCUT2D eigenvalue weighted by Gasteiger charge is -1.81. The van der Waals surface area contributed by atoms with Crippen molar-refractivity contribution in [3.05, 3.63) is 29.4 Å².